The molecule has 2 N–H and O–H groups in total. The van der Waals surface area contributed by atoms with Gasteiger partial charge in [-0.05, 0) is 38.1 Å². The summed E-state index contributed by atoms with van der Waals surface area (Å²) in [4.78, 5) is 11.7. The van der Waals surface area contributed by atoms with Crippen LogP contribution in [0.1, 0.15) is 39.0 Å². The van der Waals surface area contributed by atoms with Crippen molar-refractivity contribution in [2.45, 2.75) is 39.0 Å². The van der Waals surface area contributed by atoms with E-state index >= 15 is 0 Å². The van der Waals surface area contributed by atoms with E-state index in [0.717, 1.165) is 37.9 Å². The zero-order chi connectivity index (χ0) is 11.1. The standard InChI is InChI=1S/C12H21NO2/c1-10(6-7-13)4-5-12(14)11-3-2-8-15-9-11/h9-10H,2-8,13H2,1H3. The Hall–Kier alpha value is -0.830. The van der Waals surface area contributed by atoms with E-state index in [-0.39, 0.29) is 5.78 Å². The highest BCUT2D eigenvalue weighted by molar-refractivity contribution is 5.95. The smallest absolute Gasteiger partial charge is 0.161 e. The van der Waals surface area contributed by atoms with Gasteiger partial charge in [-0.15, -0.1) is 0 Å². The van der Waals surface area contributed by atoms with Crippen molar-refractivity contribution in [3.63, 3.8) is 0 Å². The third-order valence-electron chi connectivity index (χ3n) is 2.82. The Balaban J connectivity index is 2.26. The molecule has 1 heterocycles. The van der Waals surface area contributed by atoms with Crippen molar-refractivity contribution in [2.75, 3.05) is 13.2 Å². The van der Waals surface area contributed by atoms with Crippen LogP contribution >= 0.6 is 0 Å². The van der Waals surface area contributed by atoms with Crippen LogP contribution in [0.3, 0.4) is 0 Å². The summed E-state index contributed by atoms with van der Waals surface area (Å²) in [6.07, 6.45) is 6.06. The molecule has 86 valence electrons. The fraction of sp³-hybridized carbons (Fsp3) is 0.750. The molecular weight excluding hydrogens is 190 g/mol. The Labute approximate surface area is 91.7 Å². The second-order valence-electron chi connectivity index (χ2n) is 4.26. The van der Waals surface area contributed by atoms with Gasteiger partial charge in [0.15, 0.2) is 5.78 Å². The maximum atomic E-state index is 11.7. The van der Waals surface area contributed by atoms with Crippen LogP contribution in [0.25, 0.3) is 0 Å². The fourth-order valence-electron chi connectivity index (χ4n) is 1.74. The minimum absolute atomic E-state index is 0.249. The molecule has 0 saturated carbocycles. The zero-order valence-electron chi connectivity index (χ0n) is 9.50. The van der Waals surface area contributed by atoms with Crippen LogP contribution in [0.4, 0.5) is 0 Å². The molecule has 1 aliphatic rings. The molecule has 0 radical (unpaired) electrons. The summed E-state index contributed by atoms with van der Waals surface area (Å²) in [5.41, 5.74) is 6.32. The summed E-state index contributed by atoms with van der Waals surface area (Å²) in [5.74, 6) is 0.794. The number of allylic oxidation sites excluding steroid dienone is 1. The Morgan fingerprint density at radius 3 is 3.00 bits per heavy atom. The molecule has 0 fully saturated rings. The van der Waals surface area contributed by atoms with Crippen molar-refractivity contribution >= 4 is 5.78 Å². The number of hydrogen-bond donors (Lipinski definition) is 1. The first-order valence-electron chi connectivity index (χ1n) is 5.78. The summed E-state index contributed by atoms with van der Waals surface area (Å²) >= 11 is 0. The van der Waals surface area contributed by atoms with E-state index in [4.69, 9.17) is 10.5 Å². The van der Waals surface area contributed by atoms with Crippen LogP contribution in [0.2, 0.25) is 0 Å². The topological polar surface area (TPSA) is 52.3 Å². The first kappa shape index (κ1) is 12.2. The fourth-order valence-corrected chi connectivity index (χ4v) is 1.74. The lowest BCUT2D eigenvalue weighted by Gasteiger charge is -2.14. The van der Waals surface area contributed by atoms with Crippen molar-refractivity contribution in [3.05, 3.63) is 11.8 Å². The van der Waals surface area contributed by atoms with Crippen LogP contribution in [-0.4, -0.2) is 18.9 Å². The molecule has 1 unspecified atom stereocenters. The Morgan fingerprint density at radius 2 is 2.40 bits per heavy atom. The molecule has 0 aromatic heterocycles. The molecule has 0 aromatic rings. The molecule has 0 bridgehead atoms. The van der Waals surface area contributed by atoms with Crippen LogP contribution in [0.5, 0.6) is 0 Å². The van der Waals surface area contributed by atoms with Crippen molar-refractivity contribution in [1.82, 2.24) is 0 Å². The van der Waals surface area contributed by atoms with Gasteiger partial charge in [0, 0.05) is 12.0 Å². The largest absolute Gasteiger partial charge is 0.501 e. The lowest BCUT2D eigenvalue weighted by molar-refractivity contribution is -0.116. The van der Waals surface area contributed by atoms with Crippen molar-refractivity contribution in [2.24, 2.45) is 11.7 Å². The van der Waals surface area contributed by atoms with E-state index in [1.165, 1.54) is 0 Å². The highest BCUT2D eigenvalue weighted by Crippen LogP contribution is 2.17. The van der Waals surface area contributed by atoms with E-state index in [1.807, 2.05) is 0 Å². The van der Waals surface area contributed by atoms with Crippen LogP contribution in [-0.2, 0) is 9.53 Å². The van der Waals surface area contributed by atoms with E-state index in [9.17, 15) is 4.79 Å². The van der Waals surface area contributed by atoms with Gasteiger partial charge in [0.05, 0.1) is 12.9 Å². The monoisotopic (exact) mass is 211 g/mol. The average molecular weight is 211 g/mol. The first-order valence-corrected chi connectivity index (χ1v) is 5.78. The summed E-state index contributed by atoms with van der Waals surface area (Å²) in [5, 5.41) is 0. The van der Waals surface area contributed by atoms with Gasteiger partial charge >= 0.3 is 0 Å². The summed E-state index contributed by atoms with van der Waals surface area (Å²) < 4.78 is 5.15. The number of ketones is 1. The van der Waals surface area contributed by atoms with Crippen LogP contribution < -0.4 is 5.73 Å². The number of ether oxygens (including phenoxy) is 1. The van der Waals surface area contributed by atoms with Gasteiger partial charge in [0.1, 0.15) is 0 Å². The second-order valence-corrected chi connectivity index (χ2v) is 4.26. The number of rotatable bonds is 6. The Kier molecular flexibility index (Phi) is 5.40. The van der Waals surface area contributed by atoms with Crippen LogP contribution in [0.15, 0.2) is 11.8 Å². The van der Waals surface area contributed by atoms with Gasteiger partial charge in [0.2, 0.25) is 0 Å². The molecule has 0 aromatic carbocycles. The third-order valence-corrected chi connectivity index (χ3v) is 2.82. The third kappa shape index (κ3) is 4.47. The number of hydrogen-bond acceptors (Lipinski definition) is 3. The van der Waals surface area contributed by atoms with Crippen molar-refractivity contribution in [1.29, 1.82) is 0 Å². The second kappa shape index (κ2) is 6.62. The van der Waals surface area contributed by atoms with E-state index in [2.05, 4.69) is 6.92 Å². The molecule has 0 amide bonds. The van der Waals surface area contributed by atoms with E-state index < -0.39 is 0 Å². The van der Waals surface area contributed by atoms with Gasteiger partial charge in [-0.1, -0.05) is 6.92 Å². The normalized spacial score (nSPS) is 17.9. The molecule has 0 saturated heterocycles. The average Bonchev–Trinajstić information content (AvgIpc) is 2.27. The van der Waals surface area contributed by atoms with Crippen LogP contribution in [0, 0.1) is 5.92 Å². The van der Waals surface area contributed by atoms with Gasteiger partial charge in [-0.25, -0.2) is 0 Å². The first-order chi connectivity index (χ1) is 7.24. The van der Waals surface area contributed by atoms with E-state index in [0.29, 0.717) is 18.9 Å². The molecule has 15 heavy (non-hydrogen) atoms. The van der Waals surface area contributed by atoms with Gasteiger partial charge in [0.25, 0.3) is 0 Å². The molecule has 1 aliphatic heterocycles. The van der Waals surface area contributed by atoms with Gasteiger partial charge in [-0.2, -0.15) is 0 Å². The number of carbonyl (C=O) groups excluding carboxylic acids is 1. The molecule has 3 nitrogen and oxygen atoms in total. The lowest BCUT2D eigenvalue weighted by atomic mass is 9.96. The van der Waals surface area contributed by atoms with Gasteiger partial charge in [-0.3, -0.25) is 4.79 Å². The molecule has 0 spiro atoms. The molecule has 0 aliphatic carbocycles. The zero-order valence-corrected chi connectivity index (χ0v) is 9.50. The molecule has 3 heteroatoms. The van der Waals surface area contributed by atoms with Crippen molar-refractivity contribution in [3.8, 4) is 0 Å². The number of Topliss-reactive ketones (excluding diaryl/α,β-unsaturated/α-hetero) is 1. The SMILES string of the molecule is CC(CCN)CCC(=O)C1=COCCC1. The number of carbonyl (C=O) groups is 1. The summed E-state index contributed by atoms with van der Waals surface area (Å²) in [6, 6.07) is 0. The van der Waals surface area contributed by atoms with E-state index in [1.54, 1.807) is 6.26 Å². The summed E-state index contributed by atoms with van der Waals surface area (Å²) in [7, 11) is 0. The highest BCUT2D eigenvalue weighted by Gasteiger charge is 2.14. The maximum Gasteiger partial charge on any atom is 0.161 e. The number of nitrogens with two attached hydrogens (primary N) is 1. The minimum Gasteiger partial charge on any atom is -0.501 e. The maximum absolute atomic E-state index is 11.7. The lowest BCUT2D eigenvalue weighted by Crippen LogP contribution is -2.11. The quantitative estimate of drug-likeness (QED) is 0.731. The highest BCUT2D eigenvalue weighted by atomic mass is 16.5. The predicted molar refractivity (Wildman–Crippen MR) is 60.3 cm³/mol. The van der Waals surface area contributed by atoms with Crippen molar-refractivity contribution < 1.29 is 9.53 Å². The summed E-state index contributed by atoms with van der Waals surface area (Å²) in [6.45, 7) is 3.60. The minimum atomic E-state index is 0.249. The Morgan fingerprint density at radius 1 is 1.60 bits per heavy atom. The Bertz CT molecular complexity index is 236. The molecule has 1 atom stereocenters. The molecule has 1 rings (SSSR count). The molecular formula is C12H21NO2. The predicted octanol–water partition coefficient (Wildman–Crippen LogP) is 2.01. The van der Waals surface area contributed by atoms with Gasteiger partial charge < -0.3 is 10.5 Å².